The Morgan fingerprint density at radius 2 is 1.76 bits per heavy atom. The third kappa shape index (κ3) is 6.23. The lowest BCUT2D eigenvalue weighted by molar-refractivity contribution is -0.128. The van der Waals surface area contributed by atoms with Crippen LogP contribution in [0, 0.1) is 12.7 Å². The van der Waals surface area contributed by atoms with Crippen molar-refractivity contribution in [2.75, 3.05) is 12.0 Å². The molecule has 2 aromatic heterocycles. The van der Waals surface area contributed by atoms with Gasteiger partial charge in [0.1, 0.15) is 29.9 Å². The summed E-state index contributed by atoms with van der Waals surface area (Å²) in [6.45, 7) is 6.99. The Hall–Kier alpha value is -4.54. The van der Waals surface area contributed by atoms with Crippen molar-refractivity contribution in [3.05, 3.63) is 77.8 Å². The Morgan fingerprint density at radius 3 is 2.34 bits per heavy atom. The summed E-state index contributed by atoms with van der Waals surface area (Å²) in [6, 6.07) is 14.6. The number of hydrogen-bond donors (Lipinski definition) is 1. The van der Waals surface area contributed by atoms with Crippen molar-refractivity contribution in [3.63, 3.8) is 0 Å². The van der Waals surface area contributed by atoms with Crippen LogP contribution >= 0.6 is 0 Å². The van der Waals surface area contributed by atoms with Crippen LogP contribution in [-0.4, -0.2) is 44.7 Å². The number of nitrogens with zero attached hydrogens (tertiary/aromatic N) is 5. The summed E-state index contributed by atoms with van der Waals surface area (Å²) in [4.78, 5) is 29.9. The molecular weight excluding hydrogens is 491 g/mol. The zero-order valence-electron chi connectivity index (χ0n) is 21.8. The van der Waals surface area contributed by atoms with E-state index in [0.717, 1.165) is 4.80 Å². The molecule has 0 saturated carbocycles. The lowest BCUT2D eigenvalue weighted by Gasteiger charge is -2.33. The van der Waals surface area contributed by atoms with E-state index in [9.17, 15) is 14.0 Å². The molecule has 198 valence electrons. The van der Waals surface area contributed by atoms with E-state index in [1.165, 1.54) is 36.3 Å². The summed E-state index contributed by atoms with van der Waals surface area (Å²) in [5.41, 5.74) is 0.273. The Bertz CT molecular complexity index is 1410. The highest BCUT2D eigenvalue weighted by Crippen LogP contribution is 2.30. The Kier molecular flexibility index (Phi) is 7.56. The minimum Gasteiger partial charge on any atom is -0.497 e. The average molecular weight is 521 g/mol. The normalized spacial score (nSPS) is 12.2. The molecule has 1 N–H and O–H groups in total. The second-order valence-electron chi connectivity index (χ2n) is 9.71. The number of tetrazole rings is 1. The molecule has 0 aliphatic rings. The fourth-order valence-corrected chi connectivity index (χ4v) is 3.84. The van der Waals surface area contributed by atoms with Crippen LogP contribution in [0.25, 0.3) is 11.6 Å². The number of amides is 2. The van der Waals surface area contributed by atoms with Crippen molar-refractivity contribution < 1.29 is 23.1 Å². The van der Waals surface area contributed by atoms with Crippen LogP contribution in [0.5, 0.6) is 5.75 Å². The zero-order valence-corrected chi connectivity index (χ0v) is 21.8. The molecule has 0 unspecified atom stereocenters. The molecule has 2 aromatic carbocycles. The topological polar surface area (TPSA) is 115 Å². The van der Waals surface area contributed by atoms with E-state index in [1.54, 1.807) is 43.3 Å². The molecule has 0 saturated heterocycles. The number of carbonyl (C=O) groups excluding carboxylic acids is 2. The first-order chi connectivity index (χ1) is 18.0. The number of carbonyl (C=O) groups is 2. The lowest BCUT2D eigenvalue weighted by Crippen LogP contribution is -2.50. The number of aryl methyl sites for hydroxylation is 1. The summed E-state index contributed by atoms with van der Waals surface area (Å²) >= 11 is 0. The molecule has 4 rings (SSSR count). The molecule has 0 bridgehead atoms. The highest BCUT2D eigenvalue weighted by atomic mass is 19.1. The molecule has 38 heavy (non-hydrogen) atoms. The van der Waals surface area contributed by atoms with Crippen LogP contribution in [0.1, 0.15) is 38.1 Å². The number of nitrogens with one attached hydrogen (secondary N) is 1. The number of hydrogen-bond acceptors (Lipinski definition) is 7. The van der Waals surface area contributed by atoms with E-state index < -0.39 is 29.2 Å². The summed E-state index contributed by atoms with van der Waals surface area (Å²) < 4.78 is 24.6. The van der Waals surface area contributed by atoms with Crippen LogP contribution in [-0.2, 0) is 16.1 Å². The molecule has 10 nitrogen and oxygen atoms in total. The van der Waals surface area contributed by atoms with Gasteiger partial charge in [-0.2, -0.15) is 4.80 Å². The van der Waals surface area contributed by atoms with Gasteiger partial charge >= 0.3 is 0 Å². The third-order valence-electron chi connectivity index (χ3n) is 5.50. The molecular formula is C27H29FN6O4. The number of anilines is 1. The van der Waals surface area contributed by atoms with Gasteiger partial charge in [-0.1, -0.05) is 12.1 Å². The molecule has 11 heteroatoms. The number of furan rings is 1. The fourth-order valence-electron chi connectivity index (χ4n) is 3.84. The first-order valence-electron chi connectivity index (χ1n) is 11.9. The summed E-state index contributed by atoms with van der Waals surface area (Å²) in [6.07, 6.45) is 0. The van der Waals surface area contributed by atoms with Crippen molar-refractivity contribution in [1.29, 1.82) is 0 Å². The number of halogens is 1. The number of benzene rings is 2. The molecule has 2 heterocycles. The monoisotopic (exact) mass is 520 g/mol. The lowest BCUT2D eigenvalue weighted by atomic mass is 10.0. The highest BCUT2D eigenvalue weighted by molar-refractivity contribution is 6.01. The van der Waals surface area contributed by atoms with E-state index >= 15 is 0 Å². The van der Waals surface area contributed by atoms with Gasteiger partial charge < -0.3 is 14.5 Å². The summed E-state index contributed by atoms with van der Waals surface area (Å²) in [7, 11) is 1.54. The zero-order chi connectivity index (χ0) is 27.4. The fraction of sp³-hybridized carbons (Fsp3) is 0.296. The van der Waals surface area contributed by atoms with E-state index in [0.29, 0.717) is 28.5 Å². The minimum absolute atomic E-state index is 0.219. The first kappa shape index (κ1) is 26.5. The van der Waals surface area contributed by atoms with Crippen LogP contribution in [0.2, 0.25) is 0 Å². The van der Waals surface area contributed by atoms with Gasteiger partial charge in [0.2, 0.25) is 11.7 Å². The summed E-state index contributed by atoms with van der Waals surface area (Å²) in [5.74, 6) is 0.504. The molecule has 0 spiro atoms. The molecule has 4 aromatic rings. The highest BCUT2D eigenvalue weighted by Gasteiger charge is 2.35. The van der Waals surface area contributed by atoms with Crippen LogP contribution in [0.4, 0.5) is 10.1 Å². The molecule has 2 amide bonds. The Balaban J connectivity index is 1.74. The Morgan fingerprint density at radius 1 is 1.08 bits per heavy atom. The smallest absolute Gasteiger partial charge is 0.251 e. The van der Waals surface area contributed by atoms with Crippen molar-refractivity contribution in [2.45, 2.75) is 45.8 Å². The number of aromatic nitrogens is 4. The van der Waals surface area contributed by atoms with Gasteiger partial charge in [0.05, 0.1) is 7.11 Å². The third-order valence-corrected chi connectivity index (χ3v) is 5.50. The van der Waals surface area contributed by atoms with Gasteiger partial charge in [-0.3, -0.25) is 14.5 Å². The van der Waals surface area contributed by atoms with Crippen molar-refractivity contribution >= 4 is 17.5 Å². The van der Waals surface area contributed by atoms with Crippen LogP contribution in [0.3, 0.4) is 0 Å². The molecule has 0 aliphatic heterocycles. The molecule has 0 aliphatic carbocycles. The predicted octanol–water partition coefficient (Wildman–Crippen LogP) is 4.08. The standard InChI is InChI=1S/C27H29FN6O4/c1-17-6-15-22(38-17)25-30-32-33(31-25)16-23(35)34(20-11-9-19(28)10-12-20)24(26(36)29-27(2,3)4)18-7-13-21(37-5)14-8-18/h6-15,24H,16H2,1-5H3,(H,29,36)/t24-/m0/s1. The van der Waals surface area contributed by atoms with Gasteiger partial charge in [0, 0.05) is 11.2 Å². The maximum absolute atomic E-state index is 13.8. The number of ether oxygens (including phenoxy) is 1. The largest absolute Gasteiger partial charge is 0.497 e. The van der Waals surface area contributed by atoms with Crippen LogP contribution in [0.15, 0.2) is 65.1 Å². The first-order valence-corrected chi connectivity index (χ1v) is 11.9. The van der Waals surface area contributed by atoms with Gasteiger partial charge in [0.25, 0.3) is 5.91 Å². The van der Waals surface area contributed by atoms with Crippen molar-refractivity contribution in [3.8, 4) is 17.3 Å². The number of methoxy groups -OCH3 is 1. The van der Waals surface area contributed by atoms with E-state index in [2.05, 4.69) is 20.7 Å². The number of rotatable bonds is 8. The SMILES string of the molecule is COc1ccc([C@@H](C(=O)NC(C)(C)C)N(C(=O)Cn2nnc(-c3ccc(C)o3)n2)c2ccc(F)cc2)cc1. The molecule has 0 fully saturated rings. The van der Waals surface area contributed by atoms with Gasteiger partial charge in [-0.15, -0.1) is 10.2 Å². The van der Waals surface area contributed by atoms with Crippen LogP contribution < -0.4 is 15.0 Å². The summed E-state index contributed by atoms with van der Waals surface area (Å²) in [5, 5.41) is 15.2. The van der Waals surface area contributed by atoms with Gasteiger partial charge in [-0.25, -0.2) is 4.39 Å². The maximum Gasteiger partial charge on any atom is 0.251 e. The van der Waals surface area contributed by atoms with Gasteiger partial charge in [0.15, 0.2) is 5.76 Å². The minimum atomic E-state index is -1.09. The second-order valence-corrected chi connectivity index (χ2v) is 9.71. The predicted molar refractivity (Wildman–Crippen MR) is 138 cm³/mol. The second kappa shape index (κ2) is 10.8. The van der Waals surface area contributed by atoms with E-state index in [1.807, 2.05) is 20.8 Å². The molecule has 0 radical (unpaired) electrons. The quantitative estimate of drug-likeness (QED) is 0.372. The van der Waals surface area contributed by atoms with E-state index in [-0.39, 0.29) is 12.4 Å². The maximum atomic E-state index is 13.8. The van der Waals surface area contributed by atoms with Crippen molar-refractivity contribution in [1.82, 2.24) is 25.5 Å². The average Bonchev–Trinajstić information content (AvgIpc) is 3.51. The molecule has 1 atom stereocenters. The Labute approximate surface area is 219 Å². The van der Waals surface area contributed by atoms with Crippen molar-refractivity contribution in [2.24, 2.45) is 0 Å². The van der Waals surface area contributed by atoms with E-state index in [4.69, 9.17) is 9.15 Å². The van der Waals surface area contributed by atoms with Gasteiger partial charge in [-0.05, 0) is 87.0 Å².